The van der Waals surface area contributed by atoms with Crippen molar-refractivity contribution in [3.05, 3.63) is 28.8 Å². The van der Waals surface area contributed by atoms with Crippen molar-refractivity contribution >= 4 is 11.7 Å². The minimum Gasteiger partial charge on any atom is -0.507 e. The topological polar surface area (TPSA) is 104 Å². The van der Waals surface area contributed by atoms with Gasteiger partial charge in [-0.05, 0) is 68.1 Å². The van der Waals surface area contributed by atoms with Crippen molar-refractivity contribution in [2.75, 3.05) is 6.54 Å². The molecule has 6 rings (SSSR count). The number of nitrogens with two attached hydrogens (primary N) is 1. The average molecular weight is 399 g/mol. The molecule has 5 aliphatic rings. The van der Waals surface area contributed by atoms with Crippen LogP contribution in [0.4, 0.5) is 0 Å². The molecule has 1 amide bonds. The lowest BCUT2D eigenvalue weighted by molar-refractivity contribution is -0.179. The van der Waals surface area contributed by atoms with E-state index in [1.165, 1.54) is 12.8 Å². The van der Waals surface area contributed by atoms with Crippen LogP contribution in [-0.4, -0.2) is 51.0 Å². The third-order valence-electron chi connectivity index (χ3n) is 8.24. The molecule has 6 heteroatoms. The van der Waals surface area contributed by atoms with Gasteiger partial charge in [0.2, 0.25) is 0 Å². The van der Waals surface area contributed by atoms with Gasteiger partial charge in [0.1, 0.15) is 11.5 Å². The van der Waals surface area contributed by atoms with Crippen LogP contribution >= 0.6 is 0 Å². The molecular formula is C23H30N2O4. The van der Waals surface area contributed by atoms with Gasteiger partial charge < -0.3 is 15.9 Å². The number of Topliss-reactive ketones (excluding diaryl/α,β-unsaturated/α-hetero) is 1. The number of piperidine rings is 1. The number of hydrogen-bond acceptors (Lipinski definition) is 5. The average Bonchev–Trinajstić information content (AvgIpc) is 3.49. The van der Waals surface area contributed by atoms with Gasteiger partial charge in [-0.3, -0.25) is 14.5 Å². The van der Waals surface area contributed by atoms with Crippen molar-refractivity contribution in [2.45, 2.75) is 69.6 Å². The summed E-state index contributed by atoms with van der Waals surface area (Å²) in [6, 6.07) is 3.82. The Balaban J connectivity index is 1.62. The van der Waals surface area contributed by atoms with Gasteiger partial charge in [0.15, 0.2) is 0 Å². The number of carbonyl (C=O) groups excluding carboxylic acids is 2. The first-order valence-corrected chi connectivity index (χ1v) is 10.9. The summed E-state index contributed by atoms with van der Waals surface area (Å²) < 4.78 is 0. The van der Waals surface area contributed by atoms with Gasteiger partial charge in [-0.25, -0.2) is 0 Å². The highest BCUT2D eigenvalue weighted by Gasteiger charge is 2.58. The van der Waals surface area contributed by atoms with Crippen LogP contribution in [0.1, 0.15) is 60.5 Å². The molecular weight excluding hydrogens is 368 g/mol. The van der Waals surface area contributed by atoms with E-state index in [9.17, 15) is 19.8 Å². The number of benzene rings is 1. The largest absolute Gasteiger partial charge is 0.507 e. The number of amides is 1. The molecule has 1 saturated heterocycles. The molecule has 2 aliphatic heterocycles. The summed E-state index contributed by atoms with van der Waals surface area (Å²) in [5, 5.41) is 22.7. The van der Waals surface area contributed by atoms with Crippen molar-refractivity contribution in [2.24, 2.45) is 23.5 Å². The molecule has 5 atom stereocenters. The first-order valence-electron chi connectivity index (χ1n) is 10.9. The Morgan fingerprint density at radius 2 is 2.03 bits per heavy atom. The molecule has 29 heavy (non-hydrogen) atoms. The minimum atomic E-state index is -0.879. The number of ketones is 1. The fraction of sp³-hybridized carbons (Fsp3) is 0.652. The number of fused-ring (bicyclic) bond motifs is 1. The molecule has 4 N–H and O–H groups in total. The zero-order valence-electron chi connectivity index (χ0n) is 16.9. The molecule has 6 nitrogen and oxygen atoms in total. The summed E-state index contributed by atoms with van der Waals surface area (Å²) in [5.74, 6) is 0.230. The molecule has 0 aromatic heterocycles. The number of carbonyl (C=O) groups is 2. The first kappa shape index (κ1) is 19.1. The van der Waals surface area contributed by atoms with Crippen molar-refractivity contribution in [3.8, 4) is 5.75 Å². The van der Waals surface area contributed by atoms with Crippen LogP contribution in [0.15, 0.2) is 12.1 Å². The summed E-state index contributed by atoms with van der Waals surface area (Å²) in [6.07, 6.45) is 5.04. The Morgan fingerprint density at radius 3 is 2.72 bits per heavy atom. The molecule has 2 saturated carbocycles. The van der Waals surface area contributed by atoms with Crippen molar-refractivity contribution in [3.63, 3.8) is 0 Å². The quantitative estimate of drug-likeness (QED) is 0.720. The third-order valence-corrected chi connectivity index (χ3v) is 8.24. The number of aliphatic hydroxyl groups is 1. The van der Waals surface area contributed by atoms with Gasteiger partial charge in [-0.1, -0.05) is 6.07 Å². The maximum atomic E-state index is 12.3. The van der Waals surface area contributed by atoms with Gasteiger partial charge in [0.25, 0.3) is 5.91 Å². The van der Waals surface area contributed by atoms with E-state index in [4.69, 9.17) is 5.73 Å². The Hall–Kier alpha value is -1.92. The fourth-order valence-electron chi connectivity index (χ4n) is 6.42. The monoisotopic (exact) mass is 398 g/mol. The summed E-state index contributed by atoms with van der Waals surface area (Å²) in [7, 11) is 0. The molecule has 1 aromatic carbocycles. The lowest BCUT2D eigenvalue weighted by atomic mass is 9.58. The van der Waals surface area contributed by atoms with Crippen LogP contribution in [0.5, 0.6) is 5.75 Å². The lowest BCUT2D eigenvalue weighted by Gasteiger charge is -2.59. The van der Waals surface area contributed by atoms with Crippen molar-refractivity contribution in [1.29, 1.82) is 0 Å². The van der Waals surface area contributed by atoms with E-state index in [1.54, 1.807) is 6.07 Å². The van der Waals surface area contributed by atoms with E-state index in [0.29, 0.717) is 44.1 Å². The molecule has 1 aromatic rings. The summed E-state index contributed by atoms with van der Waals surface area (Å²) in [5.41, 5.74) is 6.48. The van der Waals surface area contributed by atoms with Crippen molar-refractivity contribution in [1.82, 2.24) is 4.90 Å². The standard InChI is InChI=1S/C23H30N2O4/c1-12(13-2-3-13)25-11-15-8-18-14(4-5-17(21(18)27)22(24)28)9-20(25)23(29)7-6-16(26)10-19(15)23/h4-5,12-13,15,19-20,27,29H,2-3,6-11H2,1H3,(H2,24,28)/t12-,15?,19?,20?,23+/m1/s1. The van der Waals surface area contributed by atoms with Crippen LogP contribution in [0.2, 0.25) is 0 Å². The maximum Gasteiger partial charge on any atom is 0.252 e. The third kappa shape index (κ3) is 2.91. The Morgan fingerprint density at radius 1 is 1.28 bits per heavy atom. The molecule has 3 aliphatic carbocycles. The summed E-state index contributed by atoms with van der Waals surface area (Å²) in [4.78, 5) is 26.5. The molecule has 0 radical (unpaired) electrons. The Labute approximate surface area is 171 Å². The SMILES string of the molecule is C[C@H](C1CC1)N1CC2Cc3c(ccc(C(N)=O)c3O)CC1[C@]1(O)CCC(=O)CC21. The Bertz CT molecular complexity index is 880. The second kappa shape index (κ2) is 6.54. The molecule has 2 bridgehead atoms. The van der Waals surface area contributed by atoms with Gasteiger partial charge in [0, 0.05) is 37.4 Å². The van der Waals surface area contributed by atoms with Crippen molar-refractivity contribution < 1.29 is 19.8 Å². The predicted octanol–water partition coefficient (Wildman–Crippen LogP) is 1.79. The van der Waals surface area contributed by atoms with Crippen LogP contribution < -0.4 is 5.73 Å². The minimum absolute atomic E-state index is 0.0185. The molecule has 3 fully saturated rings. The number of phenols is 1. The second-order valence-corrected chi connectivity index (χ2v) is 9.76. The predicted molar refractivity (Wildman–Crippen MR) is 108 cm³/mol. The van der Waals surface area contributed by atoms with E-state index in [1.807, 2.05) is 6.07 Å². The number of nitrogens with zero attached hydrogens (tertiary/aromatic N) is 1. The Kier molecular flexibility index (Phi) is 4.30. The van der Waals surface area contributed by atoms with Crippen LogP contribution in [0, 0.1) is 17.8 Å². The van der Waals surface area contributed by atoms with E-state index in [2.05, 4.69) is 11.8 Å². The fourth-order valence-corrected chi connectivity index (χ4v) is 6.42. The van der Waals surface area contributed by atoms with Crippen LogP contribution in [0.3, 0.4) is 0 Å². The number of rotatable bonds is 3. The smallest absolute Gasteiger partial charge is 0.252 e. The van der Waals surface area contributed by atoms with E-state index < -0.39 is 11.5 Å². The van der Waals surface area contributed by atoms with Crippen LogP contribution in [-0.2, 0) is 17.6 Å². The van der Waals surface area contributed by atoms with Gasteiger partial charge in [0.05, 0.1) is 11.2 Å². The number of hydrogen-bond donors (Lipinski definition) is 3. The molecule has 3 unspecified atom stereocenters. The summed E-state index contributed by atoms with van der Waals surface area (Å²) in [6.45, 7) is 3.10. The number of aromatic hydroxyl groups is 1. The first-order chi connectivity index (χ1) is 13.8. The van der Waals surface area contributed by atoms with Gasteiger partial charge in [-0.2, -0.15) is 0 Å². The second-order valence-electron chi connectivity index (χ2n) is 9.76. The van der Waals surface area contributed by atoms with E-state index in [0.717, 1.165) is 17.7 Å². The normalized spacial score (nSPS) is 35.4. The summed E-state index contributed by atoms with van der Waals surface area (Å²) >= 11 is 0. The molecule has 0 spiro atoms. The van der Waals surface area contributed by atoms with E-state index in [-0.39, 0.29) is 35.0 Å². The van der Waals surface area contributed by atoms with Crippen LogP contribution in [0.25, 0.3) is 0 Å². The zero-order valence-corrected chi connectivity index (χ0v) is 16.9. The van der Waals surface area contributed by atoms with Gasteiger partial charge >= 0.3 is 0 Å². The highest BCUT2D eigenvalue weighted by atomic mass is 16.3. The van der Waals surface area contributed by atoms with Gasteiger partial charge in [-0.15, -0.1) is 0 Å². The van der Waals surface area contributed by atoms with E-state index >= 15 is 0 Å². The highest BCUT2D eigenvalue weighted by Crippen LogP contribution is 2.51. The zero-order chi connectivity index (χ0) is 20.5. The molecule has 2 heterocycles. The highest BCUT2D eigenvalue weighted by molar-refractivity contribution is 5.96. The lowest BCUT2D eigenvalue weighted by Crippen LogP contribution is -2.69. The maximum absolute atomic E-state index is 12.3. The molecule has 156 valence electrons. The number of primary amides is 1.